The molecule has 6 nitrogen and oxygen atoms in total. The van der Waals surface area contributed by atoms with Gasteiger partial charge < -0.3 is 20.5 Å². The Balaban J connectivity index is 0.00000338. The van der Waals surface area contributed by atoms with E-state index in [1.807, 2.05) is 36.4 Å². The number of guanidine groups is 1. The first-order valence-corrected chi connectivity index (χ1v) is 8.02. The molecule has 140 valence electrons. The number of nitrogens with one attached hydrogen (secondary N) is 1. The molecule has 0 saturated heterocycles. The Hall–Kier alpha value is -2.13. The highest BCUT2D eigenvalue weighted by atomic mass is 127. The van der Waals surface area contributed by atoms with Gasteiger partial charge in [-0.1, -0.05) is 42.5 Å². The number of nitrogens with two attached hydrogens (primary N) is 1. The van der Waals surface area contributed by atoms with Crippen LogP contribution in [0.5, 0.6) is 0 Å². The Labute approximate surface area is 170 Å². The highest BCUT2D eigenvalue weighted by Crippen LogP contribution is 2.10. The first-order valence-electron chi connectivity index (χ1n) is 8.02. The quantitative estimate of drug-likeness (QED) is 0.204. The number of halogens is 1. The molecule has 26 heavy (non-hydrogen) atoms. The van der Waals surface area contributed by atoms with Gasteiger partial charge in [0.05, 0.1) is 18.7 Å². The molecule has 0 aliphatic carbocycles. The number of nitrogens with zero attached hydrogens (tertiary/aromatic N) is 1. The van der Waals surface area contributed by atoms with Gasteiger partial charge >= 0.3 is 5.97 Å². The van der Waals surface area contributed by atoms with Crippen LogP contribution in [0, 0.1) is 0 Å². The van der Waals surface area contributed by atoms with Crippen molar-refractivity contribution in [3.63, 3.8) is 0 Å². The Bertz CT molecular complexity index is 708. The second-order valence-electron chi connectivity index (χ2n) is 5.38. The van der Waals surface area contributed by atoms with Crippen LogP contribution in [0.15, 0.2) is 59.6 Å². The first-order chi connectivity index (χ1) is 12.2. The second-order valence-corrected chi connectivity index (χ2v) is 5.38. The molecule has 0 heterocycles. The lowest BCUT2D eigenvalue weighted by Gasteiger charge is -2.07. The molecule has 2 aromatic carbocycles. The maximum Gasteiger partial charge on any atom is 0.338 e. The average molecular weight is 469 g/mol. The van der Waals surface area contributed by atoms with Gasteiger partial charge in [-0.2, -0.15) is 0 Å². The predicted octanol–water partition coefficient (Wildman–Crippen LogP) is 2.71. The van der Waals surface area contributed by atoms with Crippen molar-refractivity contribution in [3.8, 4) is 0 Å². The van der Waals surface area contributed by atoms with Gasteiger partial charge in [-0.15, -0.1) is 24.0 Å². The van der Waals surface area contributed by atoms with Crippen molar-refractivity contribution in [1.29, 1.82) is 0 Å². The SMILES string of the molecule is COCCNC(N)=NCc1cccc(C(=O)OCc2ccccc2)c1.I. The van der Waals surface area contributed by atoms with Gasteiger partial charge in [0.15, 0.2) is 5.96 Å². The predicted molar refractivity (Wildman–Crippen MR) is 113 cm³/mol. The Morgan fingerprint density at radius 2 is 1.85 bits per heavy atom. The van der Waals surface area contributed by atoms with Crippen LogP contribution in [-0.4, -0.2) is 32.2 Å². The number of carbonyl (C=O) groups excluding carboxylic acids is 1. The van der Waals surface area contributed by atoms with Crippen LogP contribution < -0.4 is 11.1 Å². The average Bonchev–Trinajstić information content (AvgIpc) is 2.66. The maximum absolute atomic E-state index is 12.2. The van der Waals surface area contributed by atoms with E-state index in [2.05, 4.69) is 10.3 Å². The van der Waals surface area contributed by atoms with E-state index in [1.165, 1.54) is 0 Å². The molecule has 0 aliphatic rings. The van der Waals surface area contributed by atoms with Crippen LogP contribution >= 0.6 is 24.0 Å². The summed E-state index contributed by atoms with van der Waals surface area (Å²) in [6, 6.07) is 16.7. The fraction of sp³-hybridized carbons (Fsp3) is 0.263. The second kappa shape index (κ2) is 12.3. The molecule has 0 spiro atoms. The third kappa shape index (κ3) is 7.83. The number of rotatable bonds is 8. The van der Waals surface area contributed by atoms with Gasteiger partial charge in [-0.25, -0.2) is 9.79 Å². The van der Waals surface area contributed by atoms with Gasteiger partial charge in [0.1, 0.15) is 6.61 Å². The molecule has 0 atom stereocenters. The summed E-state index contributed by atoms with van der Waals surface area (Å²) in [6.45, 7) is 1.78. The van der Waals surface area contributed by atoms with Crippen molar-refractivity contribution in [2.75, 3.05) is 20.3 Å². The summed E-state index contributed by atoms with van der Waals surface area (Å²) in [4.78, 5) is 16.4. The number of esters is 1. The molecular formula is C19H24IN3O3. The van der Waals surface area contributed by atoms with Crippen molar-refractivity contribution in [2.45, 2.75) is 13.2 Å². The summed E-state index contributed by atoms with van der Waals surface area (Å²) in [5.74, 6) is -0.0185. The van der Waals surface area contributed by atoms with Crippen LogP contribution in [0.1, 0.15) is 21.5 Å². The topological polar surface area (TPSA) is 85.9 Å². The van der Waals surface area contributed by atoms with Gasteiger partial charge in [0.25, 0.3) is 0 Å². The number of methoxy groups -OCH3 is 1. The van der Waals surface area contributed by atoms with Crippen molar-refractivity contribution >= 4 is 35.9 Å². The normalized spacial score (nSPS) is 10.7. The molecule has 2 rings (SSSR count). The monoisotopic (exact) mass is 469 g/mol. The highest BCUT2D eigenvalue weighted by molar-refractivity contribution is 14.0. The molecule has 0 unspecified atom stereocenters. The number of hydrogen-bond donors (Lipinski definition) is 2. The molecule has 2 aromatic rings. The van der Waals surface area contributed by atoms with E-state index in [1.54, 1.807) is 25.3 Å². The molecule has 0 radical (unpaired) electrons. The van der Waals surface area contributed by atoms with Crippen LogP contribution in [0.2, 0.25) is 0 Å². The van der Waals surface area contributed by atoms with E-state index in [4.69, 9.17) is 15.2 Å². The minimum absolute atomic E-state index is 0. The van der Waals surface area contributed by atoms with E-state index < -0.39 is 0 Å². The summed E-state index contributed by atoms with van der Waals surface area (Å²) < 4.78 is 10.3. The summed E-state index contributed by atoms with van der Waals surface area (Å²) >= 11 is 0. The standard InChI is InChI=1S/C19H23N3O3.HI/c1-24-11-10-21-19(20)22-13-16-8-5-9-17(12-16)18(23)25-14-15-6-3-2-4-7-15;/h2-9,12H,10-11,13-14H2,1H3,(H3,20,21,22);1H. The van der Waals surface area contributed by atoms with Crippen LogP contribution in [-0.2, 0) is 22.6 Å². The Morgan fingerprint density at radius 3 is 2.58 bits per heavy atom. The van der Waals surface area contributed by atoms with E-state index in [0.717, 1.165) is 11.1 Å². The molecule has 0 bridgehead atoms. The number of carbonyl (C=O) groups is 1. The van der Waals surface area contributed by atoms with E-state index in [9.17, 15) is 4.79 Å². The third-order valence-corrected chi connectivity index (χ3v) is 3.42. The minimum Gasteiger partial charge on any atom is -0.457 e. The molecule has 3 N–H and O–H groups in total. The lowest BCUT2D eigenvalue weighted by molar-refractivity contribution is 0.0472. The summed E-state index contributed by atoms with van der Waals surface area (Å²) in [6.07, 6.45) is 0. The summed E-state index contributed by atoms with van der Waals surface area (Å²) in [5, 5.41) is 2.94. The zero-order valence-corrected chi connectivity index (χ0v) is 17.0. The minimum atomic E-state index is -0.360. The number of ether oxygens (including phenoxy) is 2. The third-order valence-electron chi connectivity index (χ3n) is 3.42. The highest BCUT2D eigenvalue weighted by Gasteiger charge is 2.08. The van der Waals surface area contributed by atoms with Crippen LogP contribution in [0.3, 0.4) is 0 Å². The molecule has 7 heteroatoms. The van der Waals surface area contributed by atoms with E-state index in [0.29, 0.717) is 31.2 Å². The molecule has 0 fully saturated rings. The largest absolute Gasteiger partial charge is 0.457 e. The molecule has 0 amide bonds. The van der Waals surface area contributed by atoms with Gasteiger partial charge in [-0.3, -0.25) is 0 Å². The van der Waals surface area contributed by atoms with Crippen LogP contribution in [0.25, 0.3) is 0 Å². The zero-order valence-electron chi connectivity index (χ0n) is 14.7. The van der Waals surface area contributed by atoms with E-state index in [-0.39, 0.29) is 36.6 Å². The fourth-order valence-electron chi connectivity index (χ4n) is 2.12. The lowest BCUT2D eigenvalue weighted by atomic mass is 10.1. The first kappa shape index (κ1) is 21.9. The van der Waals surface area contributed by atoms with Crippen LogP contribution in [0.4, 0.5) is 0 Å². The van der Waals surface area contributed by atoms with Crippen molar-refractivity contribution in [3.05, 3.63) is 71.3 Å². The number of aliphatic imine (C=N–C) groups is 1. The van der Waals surface area contributed by atoms with Crippen molar-refractivity contribution in [1.82, 2.24) is 5.32 Å². The van der Waals surface area contributed by atoms with Gasteiger partial charge in [-0.05, 0) is 23.3 Å². The van der Waals surface area contributed by atoms with Crippen molar-refractivity contribution < 1.29 is 14.3 Å². The van der Waals surface area contributed by atoms with E-state index >= 15 is 0 Å². The zero-order chi connectivity index (χ0) is 17.9. The van der Waals surface area contributed by atoms with Gasteiger partial charge in [0, 0.05) is 13.7 Å². The number of benzene rings is 2. The fourth-order valence-corrected chi connectivity index (χ4v) is 2.12. The van der Waals surface area contributed by atoms with Gasteiger partial charge in [0.2, 0.25) is 0 Å². The molecule has 0 aliphatic heterocycles. The number of hydrogen-bond acceptors (Lipinski definition) is 4. The molecule has 0 aromatic heterocycles. The smallest absolute Gasteiger partial charge is 0.338 e. The van der Waals surface area contributed by atoms with Crippen molar-refractivity contribution in [2.24, 2.45) is 10.7 Å². The Kier molecular flexibility index (Phi) is 10.3. The molecular weight excluding hydrogens is 445 g/mol. The maximum atomic E-state index is 12.2. The lowest BCUT2D eigenvalue weighted by Crippen LogP contribution is -2.34. The Morgan fingerprint density at radius 1 is 1.12 bits per heavy atom. The molecule has 0 saturated carbocycles. The summed E-state index contributed by atoms with van der Waals surface area (Å²) in [5.41, 5.74) is 8.09. The summed E-state index contributed by atoms with van der Waals surface area (Å²) in [7, 11) is 1.62.